The highest BCUT2D eigenvalue weighted by Crippen LogP contribution is 2.20. The van der Waals surface area contributed by atoms with Crippen LogP contribution < -0.4 is 10.6 Å². The molecule has 0 radical (unpaired) electrons. The fourth-order valence-electron chi connectivity index (χ4n) is 1.82. The molecule has 2 N–H and O–H groups in total. The highest BCUT2D eigenvalue weighted by atomic mass is 32.1. The summed E-state index contributed by atoms with van der Waals surface area (Å²) in [5.41, 5.74) is 1.33. The van der Waals surface area contributed by atoms with Crippen molar-refractivity contribution in [3.05, 3.63) is 21.4 Å². The molecule has 0 aliphatic rings. The van der Waals surface area contributed by atoms with Gasteiger partial charge in [-0.2, -0.15) is 0 Å². The van der Waals surface area contributed by atoms with Gasteiger partial charge in [-0.25, -0.2) is 0 Å². The predicted octanol–water partition coefficient (Wildman–Crippen LogP) is 3.15. The molecule has 1 aromatic heterocycles. The largest absolute Gasteiger partial charge is 0.355 e. The van der Waals surface area contributed by atoms with Gasteiger partial charge >= 0.3 is 0 Å². The molecule has 0 aliphatic carbocycles. The number of amides is 1. The average molecular weight is 282 g/mol. The van der Waals surface area contributed by atoms with Crippen molar-refractivity contribution in [2.75, 3.05) is 6.54 Å². The number of aryl methyl sites for hydroxylation is 2. The van der Waals surface area contributed by atoms with E-state index in [9.17, 15) is 4.79 Å². The summed E-state index contributed by atoms with van der Waals surface area (Å²) >= 11 is 1.80. The molecule has 0 saturated heterocycles. The standard InChI is InChI=1S/C15H26N2OS/c1-5-6-7-8-16-15(18)12(3)17-10-14-9-11(2)13(4)19-14/h9,12,17H,5-8,10H2,1-4H3,(H,16,18). The van der Waals surface area contributed by atoms with E-state index in [2.05, 4.69) is 37.5 Å². The molecular formula is C15H26N2OS. The van der Waals surface area contributed by atoms with Crippen LogP contribution in [0.3, 0.4) is 0 Å². The Hall–Kier alpha value is -0.870. The second kappa shape index (κ2) is 8.33. The third kappa shape index (κ3) is 5.74. The first-order chi connectivity index (χ1) is 9.04. The Labute approximate surface area is 120 Å². The zero-order valence-electron chi connectivity index (χ0n) is 12.5. The molecule has 0 aliphatic heterocycles. The second-order valence-corrected chi connectivity index (χ2v) is 6.39. The van der Waals surface area contributed by atoms with Gasteiger partial charge in [0.1, 0.15) is 0 Å². The van der Waals surface area contributed by atoms with Crippen LogP contribution in [0, 0.1) is 13.8 Å². The molecule has 0 spiro atoms. The first kappa shape index (κ1) is 16.2. The second-order valence-electron chi connectivity index (χ2n) is 5.05. The van der Waals surface area contributed by atoms with Crippen LogP contribution in [-0.4, -0.2) is 18.5 Å². The lowest BCUT2D eigenvalue weighted by Gasteiger charge is -2.13. The normalized spacial score (nSPS) is 12.4. The zero-order chi connectivity index (χ0) is 14.3. The summed E-state index contributed by atoms with van der Waals surface area (Å²) in [6.07, 6.45) is 3.43. The van der Waals surface area contributed by atoms with E-state index in [0.717, 1.165) is 19.5 Å². The average Bonchev–Trinajstić information content (AvgIpc) is 2.71. The molecule has 19 heavy (non-hydrogen) atoms. The monoisotopic (exact) mass is 282 g/mol. The lowest BCUT2D eigenvalue weighted by molar-refractivity contribution is -0.122. The van der Waals surface area contributed by atoms with Gasteiger partial charge in [0.2, 0.25) is 5.91 Å². The predicted molar refractivity (Wildman–Crippen MR) is 82.6 cm³/mol. The maximum atomic E-state index is 11.8. The number of hydrogen-bond donors (Lipinski definition) is 2. The fourth-order valence-corrected chi connectivity index (χ4v) is 2.83. The number of carbonyl (C=O) groups excluding carboxylic acids is 1. The van der Waals surface area contributed by atoms with Gasteiger partial charge in [0.25, 0.3) is 0 Å². The van der Waals surface area contributed by atoms with Crippen LogP contribution in [0.4, 0.5) is 0 Å². The molecule has 0 fully saturated rings. The third-order valence-corrected chi connectivity index (χ3v) is 4.42. The van der Waals surface area contributed by atoms with E-state index in [1.807, 2.05) is 6.92 Å². The summed E-state index contributed by atoms with van der Waals surface area (Å²) in [4.78, 5) is 14.5. The van der Waals surface area contributed by atoms with E-state index < -0.39 is 0 Å². The number of carbonyl (C=O) groups is 1. The third-order valence-electron chi connectivity index (χ3n) is 3.27. The van der Waals surface area contributed by atoms with Crippen molar-refractivity contribution in [1.29, 1.82) is 0 Å². The zero-order valence-corrected chi connectivity index (χ0v) is 13.3. The van der Waals surface area contributed by atoms with Crippen LogP contribution in [0.5, 0.6) is 0 Å². The minimum atomic E-state index is -0.135. The van der Waals surface area contributed by atoms with Crippen molar-refractivity contribution in [1.82, 2.24) is 10.6 Å². The van der Waals surface area contributed by atoms with E-state index in [1.54, 1.807) is 11.3 Å². The number of unbranched alkanes of at least 4 members (excludes halogenated alkanes) is 2. The van der Waals surface area contributed by atoms with Crippen LogP contribution in [0.2, 0.25) is 0 Å². The molecule has 0 saturated carbocycles. The van der Waals surface area contributed by atoms with Gasteiger partial charge in [-0.15, -0.1) is 11.3 Å². The van der Waals surface area contributed by atoms with Gasteiger partial charge in [-0.3, -0.25) is 4.79 Å². The van der Waals surface area contributed by atoms with Crippen LogP contribution in [0.25, 0.3) is 0 Å². The Morgan fingerprint density at radius 1 is 1.37 bits per heavy atom. The van der Waals surface area contributed by atoms with E-state index >= 15 is 0 Å². The molecule has 1 heterocycles. The molecular weight excluding hydrogens is 256 g/mol. The summed E-state index contributed by atoms with van der Waals surface area (Å²) in [6.45, 7) is 9.89. The molecule has 1 atom stereocenters. The van der Waals surface area contributed by atoms with Gasteiger partial charge in [-0.05, 0) is 38.8 Å². The Balaban J connectivity index is 2.26. The van der Waals surface area contributed by atoms with Crippen LogP contribution in [0.1, 0.15) is 48.4 Å². The maximum absolute atomic E-state index is 11.8. The lowest BCUT2D eigenvalue weighted by atomic mass is 10.2. The van der Waals surface area contributed by atoms with Gasteiger partial charge < -0.3 is 10.6 Å². The van der Waals surface area contributed by atoms with Gasteiger partial charge in [-0.1, -0.05) is 19.8 Å². The van der Waals surface area contributed by atoms with Gasteiger partial charge in [0.05, 0.1) is 6.04 Å². The number of hydrogen-bond acceptors (Lipinski definition) is 3. The summed E-state index contributed by atoms with van der Waals surface area (Å²) in [7, 11) is 0. The molecule has 3 nitrogen and oxygen atoms in total. The van der Waals surface area contributed by atoms with Crippen LogP contribution in [0.15, 0.2) is 6.07 Å². The fraction of sp³-hybridized carbons (Fsp3) is 0.667. The highest BCUT2D eigenvalue weighted by molar-refractivity contribution is 7.12. The quantitative estimate of drug-likeness (QED) is 0.719. The van der Waals surface area contributed by atoms with Crippen LogP contribution in [-0.2, 0) is 11.3 Å². The Kier molecular flexibility index (Phi) is 7.10. The van der Waals surface area contributed by atoms with Crippen LogP contribution >= 0.6 is 11.3 Å². The molecule has 0 bridgehead atoms. The van der Waals surface area contributed by atoms with E-state index in [-0.39, 0.29) is 11.9 Å². The van der Waals surface area contributed by atoms with E-state index in [0.29, 0.717) is 0 Å². The topological polar surface area (TPSA) is 41.1 Å². The first-order valence-corrected chi connectivity index (χ1v) is 7.93. The summed E-state index contributed by atoms with van der Waals surface area (Å²) in [5, 5.41) is 6.25. The molecule has 1 rings (SSSR count). The highest BCUT2D eigenvalue weighted by Gasteiger charge is 2.12. The smallest absolute Gasteiger partial charge is 0.236 e. The molecule has 0 aromatic carbocycles. The molecule has 1 amide bonds. The molecule has 4 heteroatoms. The minimum absolute atomic E-state index is 0.0982. The van der Waals surface area contributed by atoms with Crippen molar-refractivity contribution in [3.63, 3.8) is 0 Å². The number of nitrogens with one attached hydrogen (secondary N) is 2. The lowest BCUT2D eigenvalue weighted by Crippen LogP contribution is -2.42. The Bertz CT molecular complexity index is 381. The van der Waals surface area contributed by atoms with Crippen molar-refractivity contribution in [3.8, 4) is 0 Å². The van der Waals surface area contributed by atoms with Crippen molar-refractivity contribution in [2.45, 2.75) is 59.5 Å². The van der Waals surface area contributed by atoms with Gasteiger partial charge in [0.15, 0.2) is 0 Å². The number of rotatable bonds is 8. The minimum Gasteiger partial charge on any atom is -0.355 e. The van der Waals surface area contributed by atoms with E-state index in [4.69, 9.17) is 0 Å². The Morgan fingerprint density at radius 3 is 2.68 bits per heavy atom. The number of thiophene rings is 1. The summed E-state index contributed by atoms with van der Waals surface area (Å²) in [5.74, 6) is 0.0982. The summed E-state index contributed by atoms with van der Waals surface area (Å²) < 4.78 is 0. The summed E-state index contributed by atoms with van der Waals surface area (Å²) in [6, 6.07) is 2.06. The van der Waals surface area contributed by atoms with Crippen molar-refractivity contribution >= 4 is 17.2 Å². The van der Waals surface area contributed by atoms with Crippen molar-refractivity contribution < 1.29 is 4.79 Å². The maximum Gasteiger partial charge on any atom is 0.236 e. The molecule has 1 unspecified atom stereocenters. The van der Waals surface area contributed by atoms with E-state index in [1.165, 1.54) is 28.2 Å². The molecule has 108 valence electrons. The molecule has 1 aromatic rings. The first-order valence-electron chi connectivity index (χ1n) is 7.11. The van der Waals surface area contributed by atoms with Crippen molar-refractivity contribution in [2.24, 2.45) is 0 Å². The SMILES string of the molecule is CCCCCNC(=O)C(C)NCc1cc(C)c(C)s1. The Morgan fingerprint density at radius 2 is 2.11 bits per heavy atom. The van der Waals surface area contributed by atoms with Gasteiger partial charge in [0, 0.05) is 22.8 Å².